The molecule has 0 aliphatic heterocycles. The van der Waals surface area contributed by atoms with Gasteiger partial charge in [0.1, 0.15) is 17.3 Å². The highest BCUT2D eigenvalue weighted by Gasteiger charge is 2.13. The molecule has 0 aliphatic rings. The first-order valence-electron chi connectivity index (χ1n) is 6.67. The molecule has 5 heteroatoms. The largest absolute Gasteiger partial charge is 0.457 e. The van der Waals surface area contributed by atoms with Crippen LogP contribution in [0, 0.1) is 5.82 Å². The summed E-state index contributed by atoms with van der Waals surface area (Å²) in [6, 6.07) is 10.0. The lowest BCUT2D eigenvalue weighted by molar-refractivity contribution is 0.466. The molecule has 0 bridgehead atoms. The molecule has 0 spiro atoms. The van der Waals surface area contributed by atoms with Crippen molar-refractivity contribution in [3.05, 3.63) is 57.3 Å². The van der Waals surface area contributed by atoms with Gasteiger partial charge in [-0.2, -0.15) is 0 Å². The van der Waals surface area contributed by atoms with Crippen molar-refractivity contribution >= 4 is 27.5 Å². The van der Waals surface area contributed by atoms with Crippen LogP contribution in [0.15, 0.2) is 40.9 Å². The van der Waals surface area contributed by atoms with E-state index in [9.17, 15) is 4.39 Å². The van der Waals surface area contributed by atoms with Crippen LogP contribution in [0.4, 0.5) is 4.39 Å². The van der Waals surface area contributed by atoms with Gasteiger partial charge in [-0.1, -0.05) is 24.6 Å². The van der Waals surface area contributed by atoms with Crippen LogP contribution in [0.25, 0.3) is 0 Å². The molecule has 0 aromatic heterocycles. The maximum Gasteiger partial charge on any atom is 0.141 e. The molecule has 2 nitrogen and oxygen atoms in total. The second-order valence-electron chi connectivity index (χ2n) is 4.77. The van der Waals surface area contributed by atoms with Gasteiger partial charge in [-0.3, -0.25) is 0 Å². The Hall–Kier alpha value is -1.10. The zero-order chi connectivity index (χ0) is 15.4. The predicted octanol–water partition coefficient (Wildman–Crippen LogP) is 5.31. The molecule has 1 atom stereocenters. The fourth-order valence-corrected chi connectivity index (χ4v) is 2.40. The number of benzene rings is 2. The van der Waals surface area contributed by atoms with Gasteiger partial charge in [0.2, 0.25) is 0 Å². The van der Waals surface area contributed by atoms with Crippen molar-refractivity contribution in [1.29, 1.82) is 0 Å². The van der Waals surface area contributed by atoms with Gasteiger partial charge in [-0.15, -0.1) is 0 Å². The lowest BCUT2D eigenvalue weighted by atomic mass is 10.0. The van der Waals surface area contributed by atoms with E-state index in [0.29, 0.717) is 27.4 Å². The molecule has 0 saturated carbocycles. The standard InChI is InChI=1S/C16H16BrClFNO/c1-2-10(20)8-12-14(18)4-3-5-16(12)21-11-6-7-13(17)15(19)9-11/h3-7,9-10H,2,8,20H2,1H3. The van der Waals surface area contributed by atoms with Crippen LogP contribution in [-0.4, -0.2) is 6.04 Å². The smallest absolute Gasteiger partial charge is 0.141 e. The average Bonchev–Trinajstić information content (AvgIpc) is 2.46. The monoisotopic (exact) mass is 371 g/mol. The molecule has 0 aliphatic carbocycles. The summed E-state index contributed by atoms with van der Waals surface area (Å²) < 4.78 is 19.7. The van der Waals surface area contributed by atoms with E-state index >= 15 is 0 Å². The lowest BCUT2D eigenvalue weighted by Gasteiger charge is -2.15. The van der Waals surface area contributed by atoms with E-state index in [-0.39, 0.29) is 11.9 Å². The van der Waals surface area contributed by atoms with Crippen LogP contribution >= 0.6 is 27.5 Å². The van der Waals surface area contributed by atoms with Gasteiger partial charge in [0.25, 0.3) is 0 Å². The van der Waals surface area contributed by atoms with Crippen LogP contribution in [0.2, 0.25) is 5.02 Å². The first-order chi connectivity index (χ1) is 10.0. The summed E-state index contributed by atoms with van der Waals surface area (Å²) in [6.45, 7) is 2.02. The van der Waals surface area contributed by atoms with E-state index in [1.807, 2.05) is 13.0 Å². The third kappa shape index (κ3) is 4.19. The molecular formula is C16H16BrClFNO. The molecule has 2 N–H and O–H groups in total. The molecule has 2 aromatic rings. The molecular weight excluding hydrogens is 357 g/mol. The van der Waals surface area contributed by atoms with Crippen molar-refractivity contribution < 1.29 is 9.13 Å². The molecule has 0 amide bonds. The quantitative estimate of drug-likeness (QED) is 0.771. The minimum Gasteiger partial charge on any atom is -0.457 e. The Balaban J connectivity index is 2.30. The maximum atomic E-state index is 13.6. The van der Waals surface area contributed by atoms with Gasteiger partial charge in [-0.25, -0.2) is 4.39 Å². The van der Waals surface area contributed by atoms with Crippen LogP contribution in [-0.2, 0) is 6.42 Å². The van der Waals surface area contributed by atoms with Gasteiger partial charge < -0.3 is 10.5 Å². The highest BCUT2D eigenvalue weighted by molar-refractivity contribution is 9.10. The predicted molar refractivity (Wildman–Crippen MR) is 87.6 cm³/mol. The molecule has 2 aromatic carbocycles. The molecule has 0 fully saturated rings. The Morgan fingerprint density at radius 2 is 2.10 bits per heavy atom. The van der Waals surface area contributed by atoms with Crippen molar-refractivity contribution in [3.8, 4) is 11.5 Å². The van der Waals surface area contributed by atoms with E-state index in [1.165, 1.54) is 6.07 Å². The number of nitrogens with two attached hydrogens (primary N) is 1. The summed E-state index contributed by atoms with van der Waals surface area (Å²) in [7, 11) is 0. The van der Waals surface area contributed by atoms with E-state index < -0.39 is 0 Å². The van der Waals surface area contributed by atoms with Gasteiger partial charge in [0, 0.05) is 22.7 Å². The maximum absolute atomic E-state index is 13.6. The molecule has 21 heavy (non-hydrogen) atoms. The third-order valence-corrected chi connectivity index (χ3v) is 4.18. The summed E-state index contributed by atoms with van der Waals surface area (Å²) in [5, 5.41) is 0.606. The highest BCUT2D eigenvalue weighted by Crippen LogP contribution is 2.32. The Labute approximate surface area is 137 Å². The number of halogens is 3. The van der Waals surface area contributed by atoms with E-state index in [4.69, 9.17) is 22.1 Å². The zero-order valence-corrected chi connectivity index (χ0v) is 13.9. The first kappa shape index (κ1) is 16.3. The first-order valence-corrected chi connectivity index (χ1v) is 7.84. The lowest BCUT2D eigenvalue weighted by Crippen LogP contribution is -2.21. The Kier molecular flexibility index (Phi) is 5.62. The summed E-state index contributed by atoms with van der Waals surface area (Å²) in [6.07, 6.45) is 1.46. The molecule has 0 heterocycles. The summed E-state index contributed by atoms with van der Waals surface area (Å²) in [5.74, 6) is 0.652. The normalized spacial score (nSPS) is 12.2. The molecule has 112 valence electrons. The Bertz CT molecular complexity index is 636. The van der Waals surface area contributed by atoms with Crippen molar-refractivity contribution in [1.82, 2.24) is 0 Å². The number of hydrogen-bond acceptors (Lipinski definition) is 2. The number of rotatable bonds is 5. The minimum absolute atomic E-state index is 0.00824. The molecule has 1 unspecified atom stereocenters. The SMILES string of the molecule is CCC(N)Cc1c(Cl)cccc1Oc1ccc(Br)c(F)c1. The molecule has 0 saturated heterocycles. The van der Waals surface area contributed by atoms with Crippen LogP contribution in [0.5, 0.6) is 11.5 Å². The van der Waals surface area contributed by atoms with E-state index in [1.54, 1.807) is 24.3 Å². The van der Waals surface area contributed by atoms with Crippen LogP contribution in [0.3, 0.4) is 0 Å². The van der Waals surface area contributed by atoms with Crippen molar-refractivity contribution in [2.24, 2.45) is 5.73 Å². The fraction of sp³-hybridized carbons (Fsp3) is 0.250. The van der Waals surface area contributed by atoms with Crippen molar-refractivity contribution in [2.75, 3.05) is 0 Å². The summed E-state index contributed by atoms with van der Waals surface area (Å²) in [4.78, 5) is 0. The highest BCUT2D eigenvalue weighted by atomic mass is 79.9. The van der Waals surface area contributed by atoms with E-state index in [2.05, 4.69) is 15.9 Å². The fourth-order valence-electron chi connectivity index (χ4n) is 1.91. The average molecular weight is 373 g/mol. The zero-order valence-electron chi connectivity index (χ0n) is 11.6. The second kappa shape index (κ2) is 7.25. The number of ether oxygens (including phenoxy) is 1. The van der Waals surface area contributed by atoms with Crippen LogP contribution < -0.4 is 10.5 Å². The Morgan fingerprint density at radius 1 is 1.33 bits per heavy atom. The summed E-state index contributed by atoms with van der Waals surface area (Å²) >= 11 is 9.35. The van der Waals surface area contributed by atoms with Gasteiger partial charge in [0.05, 0.1) is 4.47 Å². The molecule has 2 rings (SSSR count). The topological polar surface area (TPSA) is 35.2 Å². The second-order valence-corrected chi connectivity index (χ2v) is 6.03. The third-order valence-electron chi connectivity index (χ3n) is 3.19. The minimum atomic E-state index is -0.374. The van der Waals surface area contributed by atoms with Crippen molar-refractivity contribution in [2.45, 2.75) is 25.8 Å². The van der Waals surface area contributed by atoms with Gasteiger partial charge >= 0.3 is 0 Å². The Morgan fingerprint density at radius 3 is 2.76 bits per heavy atom. The number of hydrogen-bond donors (Lipinski definition) is 1. The van der Waals surface area contributed by atoms with E-state index in [0.717, 1.165) is 12.0 Å². The van der Waals surface area contributed by atoms with Gasteiger partial charge in [-0.05, 0) is 53.0 Å². The summed E-state index contributed by atoms with van der Waals surface area (Å²) in [5.41, 5.74) is 6.84. The van der Waals surface area contributed by atoms with Crippen molar-refractivity contribution in [3.63, 3.8) is 0 Å². The van der Waals surface area contributed by atoms with Crippen LogP contribution in [0.1, 0.15) is 18.9 Å². The molecule has 0 radical (unpaired) electrons. The van der Waals surface area contributed by atoms with Gasteiger partial charge in [0.15, 0.2) is 0 Å².